The molecule has 2 aromatic carbocycles. The number of aliphatic hydroxyl groups is 1. The molecule has 0 aliphatic carbocycles. The number of nitrogens with one attached hydrogen (secondary N) is 1. The molecular formula is C22H25N2NaO3. The van der Waals surface area contributed by atoms with Gasteiger partial charge in [-0.25, -0.2) is 0 Å². The van der Waals surface area contributed by atoms with Crippen LogP contribution in [-0.2, 0) is 0 Å². The maximum atomic E-state index is 12.7. The van der Waals surface area contributed by atoms with E-state index >= 15 is 0 Å². The van der Waals surface area contributed by atoms with E-state index in [1.807, 2.05) is 56.3 Å². The number of fused-ring (bicyclic) bond motifs is 1. The summed E-state index contributed by atoms with van der Waals surface area (Å²) < 4.78 is 5.62. The van der Waals surface area contributed by atoms with Crippen molar-refractivity contribution in [3.05, 3.63) is 59.8 Å². The van der Waals surface area contributed by atoms with Gasteiger partial charge in [0.15, 0.2) is 5.78 Å². The van der Waals surface area contributed by atoms with Crippen LogP contribution in [0.2, 0.25) is 0 Å². The molecule has 1 heterocycles. The Hall–Kier alpha value is -1.92. The van der Waals surface area contributed by atoms with Gasteiger partial charge in [0.2, 0.25) is 0 Å². The molecule has 142 valence electrons. The number of aromatic nitrogens is 1. The normalized spacial score (nSPS) is 10.4. The molecule has 0 spiro atoms. The van der Waals surface area contributed by atoms with Crippen molar-refractivity contribution in [2.75, 3.05) is 18.5 Å². The van der Waals surface area contributed by atoms with E-state index < -0.39 is 0 Å². The molecule has 0 fully saturated rings. The zero-order valence-electron chi connectivity index (χ0n) is 15.7. The Morgan fingerprint density at radius 2 is 1.96 bits per heavy atom. The molecule has 0 bridgehead atoms. The first-order valence-electron chi connectivity index (χ1n) is 9.17. The Bertz CT molecular complexity index is 960. The van der Waals surface area contributed by atoms with Crippen molar-refractivity contribution in [2.24, 2.45) is 0 Å². The number of hydrogen-bond acceptors (Lipinski definition) is 5. The molecule has 0 radical (unpaired) electrons. The van der Waals surface area contributed by atoms with Gasteiger partial charge in [0.25, 0.3) is 0 Å². The molecular weight excluding hydrogens is 363 g/mol. The van der Waals surface area contributed by atoms with Crippen LogP contribution in [0, 0.1) is 6.92 Å². The van der Waals surface area contributed by atoms with Crippen LogP contribution < -0.4 is 10.1 Å². The van der Waals surface area contributed by atoms with Gasteiger partial charge in [0.1, 0.15) is 17.9 Å². The molecule has 0 aliphatic heterocycles. The zero-order valence-corrected chi connectivity index (χ0v) is 15.7. The van der Waals surface area contributed by atoms with Crippen LogP contribution in [0.25, 0.3) is 10.9 Å². The average molecular weight is 388 g/mol. The van der Waals surface area contributed by atoms with Gasteiger partial charge >= 0.3 is 29.6 Å². The molecule has 1 aromatic heterocycles. The van der Waals surface area contributed by atoms with Crippen LogP contribution >= 0.6 is 0 Å². The summed E-state index contributed by atoms with van der Waals surface area (Å²) in [6.07, 6.45) is 2.86. The number of pyridine rings is 1. The predicted molar refractivity (Wildman–Crippen MR) is 115 cm³/mol. The number of para-hydroxylation sites is 2. The number of carbonyl (C=O) groups excluding carboxylic acids is 1. The van der Waals surface area contributed by atoms with Crippen LogP contribution in [0.1, 0.15) is 35.7 Å². The van der Waals surface area contributed by atoms with E-state index in [-0.39, 0.29) is 48.6 Å². The first-order valence-corrected chi connectivity index (χ1v) is 9.17. The van der Waals surface area contributed by atoms with E-state index in [2.05, 4.69) is 10.3 Å². The summed E-state index contributed by atoms with van der Waals surface area (Å²) in [5, 5.41) is 13.3. The number of nitrogens with zero attached hydrogens (tertiary/aromatic N) is 1. The van der Waals surface area contributed by atoms with Crippen LogP contribution in [0.3, 0.4) is 0 Å². The molecule has 28 heavy (non-hydrogen) atoms. The summed E-state index contributed by atoms with van der Waals surface area (Å²) in [6, 6.07) is 13.6. The molecule has 0 saturated carbocycles. The Morgan fingerprint density at radius 1 is 1.18 bits per heavy atom. The topological polar surface area (TPSA) is 71.5 Å². The summed E-state index contributed by atoms with van der Waals surface area (Å²) in [5.41, 5.74) is 4.01. The van der Waals surface area contributed by atoms with E-state index in [0.29, 0.717) is 23.3 Å². The first-order chi connectivity index (χ1) is 13.2. The number of anilines is 2. The second-order valence-corrected chi connectivity index (χ2v) is 6.38. The fourth-order valence-electron chi connectivity index (χ4n) is 3.02. The van der Waals surface area contributed by atoms with Crippen LogP contribution in [0.15, 0.2) is 48.7 Å². The van der Waals surface area contributed by atoms with Gasteiger partial charge in [-0.3, -0.25) is 9.78 Å². The van der Waals surface area contributed by atoms with E-state index in [4.69, 9.17) is 9.84 Å². The summed E-state index contributed by atoms with van der Waals surface area (Å²) >= 11 is 0. The van der Waals surface area contributed by atoms with Gasteiger partial charge in [-0.1, -0.05) is 37.3 Å². The average Bonchev–Trinajstić information content (AvgIpc) is 2.68. The summed E-state index contributed by atoms with van der Waals surface area (Å²) in [4.78, 5) is 17.2. The third kappa shape index (κ3) is 4.92. The van der Waals surface area contributed by atoms with Crippen molar-refractivity contribution < 1.29 is 14.6 Å². The Morgan fingerprint density at radius 3 is 2.68 bits per heavy atom. The minimum atomic E-state index is -0.0717. The molecule has 2 N–H and O–H groups in total. The molecule has 3 aromatic rings. The minimum absolute atomic E-state index is 0. The van der Waals surface area contributed by atoms with Gasteiger partial charge in [0, 0.05) is 23.7 Å². The molecule has 3 rings (SSSR count). The van der Waals surface area contributed by atoms with E-state index in [1.165, 1.54) is 0 Å². The number of carbonyl (C=O) groups is 1. The molecule has 0 atom stereocenters. The number of ether oxygens (including phenoxy) is 1. The van der Waals surface area contributed by atoms with E-state index in [9.17, 15) is 4.79 Å². The second-order valence-electron chi connectivity index (χ2n) is 6.38. The zero-order chi connectivity index (χ0) is 19.2. The van der Waals surface area contributed by atoms with Gasteiger partial charge < -0.3 is 15.2 Å². The van der Waals surface area contributed by atoms with Crippen molar-refractivity contribution in [3.8, 4) is 5.75 Å². The first kappa shape index (κ1) is 22.4. The summed E-state index contributed by atoms with van der Waals surface area (Å²) in [7, 11) is 0. The van der Waals surface area contributed by atoms with Gasteiger partial charge in [-0.15, -0.1) is 0 Å². The maximum absolute atomic E-state index is 12.7. The Labute approximate surface area is 187 Å². The molecule has 0 amide bonds. The fourth-order valence-corrected chi connectivity index (χ4v) is 3.02. The van der Waals surface area contributed by atoms with Crippen LogP contribution in [0.5, 0.6) is 5.75 Å². The fraction of sp³-hybridized carbons (Fsp3) is 0.273. The van der Waals surface area contributed by atoms with Crippen molar-refractivity contribution in [2.45, 2.75) is 26.7 Å². The third-order valence-electron chi connectivity index (χ3n) is 4.39. The van der Waals surface area contributed by atoms with E-state index in [1.54, 1.807) is 6.20 Å². The van der Waals surface area contributed by atoms with Gasteiger partial charge in [-0.2, -0.15) is 0 Å². The van der Waals surface area contributed by atoms with Crippen molar-refractivity contribution in [3.63, 3.8) is 0 Å². The van der Waals surface area contributed by atoms with Crippen molar-refractivity contribution >= 4 is 57.6 Å². The number of hydrogen-bond donors (Lipinski definition) is 2. The third-order valence-corrected chi connectivity index (χ3v) is 4.39. The number of rotatable bonds is 8. The van der Waals surface area contributed by atoms with E-state index in [0.717, 1.165) is 28.7 Å². The van der Waals surface area contributed by atoms with Crippen LogP contribution in [-0.4, -0.2) is 58.6 Å². The molecule has 6 heteroatoms. The van der Waals surface area contributed by atoms with Crippen LogP contribution in [0.4, 0.5) is 11.4 Å². The number of ketones is 1. The molecule has 0 aliphatic rings. The standard InChI is InChI=1S/C22H24N2O3.Na.H/c1-3-7-19(26)17-14-23-22-16(9-6-11-20(22)27-13-12-25)21(17)24-18-10-5-4-8-15(18)2;;/h4-6,8-11,14,25H,3,7,12-13H2,1-2H3,(H,23,24);;. The summed E-state index contributed by atoms with van der Waals surface area (Å²) in [6.45, 7) is 4.13. The Balaban J connectivity index is 0.00000280. The molecule has 0 unspecified atom stereocenters. The number of aliphatic hydroxyl groups excluding tert-OH is 1. The molecule has 0 saturated heterocycles. The van der Waals surface area contributed by atoms with Crippen molar-refractivity contribution in [1.82, 2.24) is 4.98 Å². The van der Waals surface area contributed by atoms with Gasteiger partial charge in [-0.05, 0) is 31.0 Å². The predicted octanol–water partition coefficient (Wildman–Crippen LogP) is 3.99. The quantitative estimate of drug-likeness (QED) is 0.451. The monoisotopic (exact) mass is 388 g/mol. The van der Waals surface area contributed by atoms with Gasteiger partial charge in [0.05, 0.1) is 17.9 Å². The number of aryl methyl sites for hydroxylation is 1. The SMILES string of the molecule is CCCC(=O)c1cnc2c(OCCO)cccc2c1Nc1ccccc1C.[NaH]. The second kappa shape index (κ2) is 10.6. The summed E-state index contributed by atoms with van der Waals surface area (Å²) in [5.74, 6) is 0.647. The molecule has 5 nitrogen and oxygen atoms in total. The number of benzene rings is 2. The van der Waals surface area contributed by atoms with Crippen molar-refractivity contribution in [1.29, 1.82) is 0 Å². The Kier molecular flexibility index (Phi) is 8.45. The number of Topliss-reactive ketones (excluding diaryl/α,β-unsaturated/α-hetero) is 1.